The fraction of sp³-hybridized carbons (Fsp3) is 0.522. The number of ether oxygens (including phenoxy) is 2. The topological polar surface area (TPSA) is 72.0 Å². The molecule has 2 saturated heterocycles. The van der Waals surface area contributed by atoms with Crippen molar-refractivity contribution in [2.24, 2.45) is 0 Å². The minimum absolute atomic E-state index is 0.110. The maximum absolute atomic E-state index is 12.7. The van der Waals surface area contributed by atoms with Gasteiger partial charge in [0.15, 0.2) is 0 Å². The minimum Gasteiger partial charge on any atom is -0.462 e. The number of rotatable bonds is 5. The summed E-state index contributed by atoms with van der Waals surface area (Å²) < 4.78 is 10.9. The normalized spacial score (nSPS) is 19.9. The molecule has 1 atom stereocenters. The van der Waals surface area contributed by atoms with Crippen LogP contribution in [0.25, 0.3) is 10.9 Å². The molecule has 1 aromatic heterocycles. The van der Waals surface area contributed by atoms with Crippen molar-refractivity contribution in [3.63, 3.8) is 0 Å². The number of esters is 1. The second-order valence-corrected chi connectivity index (χ2v) is 7.90. The third-order valence-corrected chi connectivity index (χ3v) is 5.97. The van der Waals surface area contributed by atoms with E-state index in [-0.39, 0.29) is 18.0 Å². The molecule has 1 aromatic carbocycles. The number of amides is 1. The Kier molecular flexibility index (Phi) is 6.29. The van der Waals surface area contributed by atoms with Gasteiger partial charge in [0.1, 0.15) is 6.10 Å². The number of aromatic nitrogens is 1. The van der Waals surface area contributed by atoms with Gasteiger partial charge in [0.2, 0.25) is 0 Å². The van der Waals surface area contributed by atoms with E-state index in [4.69, 9.17) is 14.5 Å². The fourth-order valence-corrected chi connectivity index (χ4v) is 4.34. The van der Waals surface area contributed by atoms with E-state index < -0.39 is 0 Å². The molecule has 0 spiro atoms. The van der Waals surface area contributed by atoms with Crippen molar-refractivity contribution in [3.8, 4) is 0 Å². The second-order valence-electron chi connectivity index (χ2n) is 7.90. The van der Waals surface area contributed by atoms with E-state index in [1.807, 2.05) is 43.0 Å². The number of pyridine rings is 1. The van der Waals surface area contributed by atoms with Gasteiger partial charge in [-0.2, -0.15) is 0 Å². The van der Waals surface area contributed by atoms with Crippen molar-refractivity contribution in [1.82, 2.24) is 14.8 Å². The molecule has 0 N–H and O–H groups in total. The number of para-hydroxylation sites is 1. The van der Waals surface area contributed by atoms with Crippen LogP contribution in [0.4, 0.5) is 0 Å². The average molecular weight is 412 g/mol. The average Bonchev–Trinajstić information content (AvgIpc) is 3.29. The van der Waals surface area contributed by atoms with Crippen LogP contribution >= 0.6 is 0 Å². The third kappa shape index (κ3) is 4.18. The van der Waals surface area contributed by atoms with Gasteiger partial charge in [-0.05, 0) is 38.3 Å². The van der Waals surface area contributed by atoms with Gasteiger partial charge in [0, 0.05) is 44.7 Å². The van der Waals surface area contributed by atoms with Gasteiger partial charge in [-0.25, -0.2) is 4.79 Å². The van der Waals surface area contributed by atoms with E-state index in [0.29, 0.717) is 38.4 Å². The highest BCUT2D eigenvalue weighted by Crippen LogP contribution is 2.25. The molecule has 7 nitrogen and oxygen atoms in total. The predicted octanol–water partition coefficient (Wildman–Crippen LogP) is 2.54. The molecular weight excluding hydrogens is 382 g/mol. The van der Waals surface area contributed by atoms with Crippen LogP contribution in [0, 0.1) is 6.92 Å². The number of carbonyl (C=O) groups excluding carboxylic acids is 2. The summed E-state index contributed by atoms with van der Waals surface area (Å²) in [5.74, 6) is -0.213. The lowest BCUT2D eigenvalue weighted by atomic mass is 10.0. The Morgan fingerprint density at radius 3 is 2.67 bits per heavy atom. The fourth-order valence-electron chi connectivity index (χ4n) is 4.34. The number of benzene rings is 1. The molecule has 30 heavy (non-hydrogen) atoms. The zero-order chi connectivity index (χ0) is 21.1. The maximum Gasteiger partial charge on any atom is 0.340 e. The lowest BCUT2D eigenvalue weighted by Gasteiger charge is -2.35. The van der Waals surface area contributed by atoms with Gasteiger partial charge in [-0.3, -0.25) is 14.7 Å². The van der Waals surface area contributed by atoms with Gasteiger partial charge >= 0.3 is 5.97 Å². The molecule has 0 saturated carbocycles. The Labute approximate surface area is 177 Å². The lowest BCUT2D eigenvalue weighted by Crippen LogP contribution is -2.51. The zero-order valence-corrected chi connectivity index (χ0v) is 17.7. The van der Waals surface area contributed by atoms with Gasteiger partial charge in [-0.1, -0.05) is 18.2 Å². The molecular formula is C23H29N3O4. The van der Waals surface area contributed by atoms with Gasteiger partial charge in [0.05, 0.1) is 23.4 Å². The smallest absolute Gasteiger partial charge is 0.340 e. The van der Waals surface area contributed by atoms with Crippen LogP contribution in [0.15, 0.2) is 24.3 Å². The molecule has 7 heteroatoms. The number of fused-ring (bicyclic) bond motifs is 1. The van der Waals surface area contributed by atoms with E-state index in [0.717, 1.165) is 48.1 Å². The Hall–Kier alpha value is -2.51. The molecule has 2 aromatic rings. The Morgan fingerprint density at radius 1 is 1.20 bits per heavy atom. The first kappa shape index (κ1) is 20.8. The standard InChI is InChI=1S/C23H29N3O4/c1-3-29-23(28)21-16(2)17-7-4-5-8-18(17)24-19(21)15-25-10-12-26(13-11-25)22(27)20-9-6-14-30-20/h4-5,7-8,20H,3,6,9-15H2,1-2H3. The summed E-state index contributed by atoms with van der Waals surface area (Å²) >= 11 is 0. The molecule has 3 heterocycles. The Morgan fingerprint density at radius 2 is 1.97 bits per heavy atom. The van der Waals surface area contributed by atoms with Gasteiger partial charge in [0.25, 0.3) is 5.91 Å². The van der Waals surface area contributed by atoms with Crippen molar-refractivity contribution in [2.45, 2.75) is 39.3 Å². The van der Waals surface area contributed by atoms with E-state index >= 15 is 0 Å². The van der Waals surface area contributed by atoms with E-state index in [9.17, 15) is 9.59 Å². The summed E-state index contributed by atoms with van der Waals surface area (Å²) in [5, 5.41) is 0.969. The summed E-state index contributed by atoms with van der Waals surface area (Å²) in [6, 6.07) is 7.87. The third-order valence-electron chi connectivity index (χ3n) is 5.97. The quantitative estimate of drug-likeness (QED) is 0.704. The first-order valence-electron chi connectivity index (χ1n) is 10.8. The highest BCUT2D eigenvalue weighted by Gasteiger charge is 2.31. The van der Waals surface area contributed by atoms with Crippen LogP contribution in [0.5, 0.6) is 0 Å². The van der Waals surface area contributed by atoms with Crippen LogP contribution in [-0.4, -0.2) is 72.2 Å². The molecule has 2 aliphatic rings. The summed E-state index contributed by atoms with van der Waals surface area (Å²) in [7, 11) is 0. The largest absolute Gasteiger partial charge is 0.462 e. The molecule has 2 fully saturated rings. The van der Waals surface area contributed by atoms with Gasteiger partial charge < -0.3 is 14.4 Å². The Bertz CT molecular complexity index is 931. The van der Waals surface area contributed by atoms with E-state index in [1.165, 1.54) is 0 Å². The molecule has 0 radical (unpaired) electrons. The molecule has 2 aliphatic heterocycles. The minimum atomic E-state index is -0.324. The van der Waals surface area contributed by atoms with Crippen molar-refractivity contribution in [3.05, 3.63) is 41.1 Å². The molecule has 4 rings (SSSR count). The number of aryl methyl sites for hydroxylation is 1. The zero-order valence-electron chi connectivity index (χ0n) is 17.7. The van der Waals surface area contributed by atoms with Crippen LogP contribution < -0.4 is 0 Å². The second kappa shape index (κ2) is 9.10. The first-order valence-corrected chi connectivity index (χ1v) is 10.8. The number of carbonyl (C=O) groups is 2. The van der Waals surface area contributed by atoms with Crippen LogP contribution in [0.3, 0.4) is 0 Å². The first-order chi connectivity index (χ1) is 14.6. The molecule has 0 aliphatic carbocycles. The lowest BCUT2D eigenvalue weighted by molar-refractivity contribution is -0.142. The summed E-state index contributed by atoms with van der Waals surface area (Å²) in [6.07, 6.45) is 1.51. The van der Waals surface area contributed by atoms with Crippen LogP contribution in [-0.2, 0) is 20.8 Å². The molecule has 1 unspecified atom stereocenters. The number of nitrogens with zero attached hydrogens (tertiary/aromatic N) is 3. The summed E-state index contributed by atoms with van der Waals surface area (Å²) in [6.45, 7) is 8.16. The SMILES string of the molecule is CCOC(=O)c1c(CN2CCN(C(=O)C3CCCO3)CC2)nc2ccccc2c1C. The van der Waals surface area contributed by atoms with Crippen molar-refractivity contribution in [2.75, 3.05) is 39.4 Å². The molecule has 1 amide bonds. The maximum atomic E-state index is 12.7. The van der Waals surface area contributed by atoms with Crippen molar-refractivity contribution in [1.29, 1.82) is 0 Å². The Balaban J connectivity index is 1.51. The van der Waals surface area contributed by atoms with E-state index in [2.05, 4.69) is 4.90 Å². The molecule has 0 bridgehead atoms. The van der Waals surface area contributed by atoms with Crippen LogP contribution in [0.1, 0.15) is 41.4 Å². The van der Waals surface area contributed by atoms with Crippen LogP contribution in [0.2, 0.25) is 0 Å². The number of hydrogen-bond donors (Lipinski definition) is 0. The van der Waals surface area contributed by atoms with Gasteiger partial charge in [-0.15, -0.1) is 0 Å². The highest BCUT2D eigenvalue weighted by molar-refractivity contribution is 5.98. The number of hydrogen-bond acceptors (Lipinski definition) is 6. The van der Waals surface area contributed by atoms with Crippen molar-refractivity contribution < 1.29 is 19.1 Å². The van der Waals surface area contributed by atoms with E-state index in [1.54, 1.807) is 0 Å². The summed E-state index contributed by atoms with van der Waals surface area (Å²) in [5.41, 5.74) is 3.09. The summed E-state index contributed by atoms with van der Waals surface area (Å²) in [4.78, 5) is 34.2. The van der Waals surface area contributed by atoms with Crippen molar-refractivity contribution >= 4 is 22.8 Å². The monoisotopic (exact) mass is 411 g/mol. The predicted molar refractivity (Wildman–Crippen MR) is 113 cm³/mol. The highest BCUT2D eigenvalue weighted by atomic mass is 16.5. The molecule has 160 valence electrons. The number of piperazine rings is 1.